The Morgan fingerprint density at radius 3 is 2.92 bits per heavy atom. The van der Waals surface area contributed by atoms with Gasteiger partial charge in [0.05, 0.1) is 23.6 Å². The van der Waals surface area contributed by atoms with Gasteiger partial charge in [-0.25, -0.2) is 9.67 Å². The van der Waals surface area contributed by atoms with Gasteiger partial charge in [0.25, 0.3) is 0 Å². The lowest BCUT2D eigenvalue weighted by Crippen LogP contribution is -2.32. The molecule has 8 heteroatoms. The van der Waals surface area contributed by atoms with Gasteiger partial charge in [-0.05, 0) is 49.2 Å². The van der Waals surface area contributed by atoms with E-state index >= 15 is 0 Å². The number of imidazole rings is 1. The quantitative estimate of drug-likeness (QED) is 0.703. The Morgan fingerprint density at radius 1 is 1.31 bits per heavy atom. The maximum absolute atomic E-state index is 12.8. The number of hydrogen-bond acceptors (Lipinski definition) is 5. The summed E-state index contributed by atoms with van der Waals surface area (Å²) in [5, 5.41) is 11.0. The molecular weight excluding hydrogens is 330 g/mol. The second-order valence-corrected chi connectivity index (χ2v) is 6.99. The van der Waals surface area contributed by atoms with Crippen molar-refractivity contribution in [3.8, 4) is 0 Å². The molecule has 0 aliphatic carbocycles. The molecule has 0 spiro atoms. The lowest BCUT2D eigenvalue weighted by Gasteiger charge is -2.26. The van der Waals surface area contributed by atoms with E-state index in [9.17, 15) is 4.79 Å². The van der Waals surface area contributed by atoms with Crippen molar-refractivity contribution in [1.82, 2.24) is 34.7 Å². The first-order valence-corrected chi connectivity index (χ1v) is 9.12. The number of amides is 1. The molecule has 1 aliphatic rings. The number of carbonyl (C=O) groups excluding carboxylic acids is 1. The zero-order chi connectivity index (χ0) is 18.1. The Morgan fingerprint density at radius 2 is 2.15 bits per heavy atom. The molecule has 0 N–H and O–H groups in total. The van der Waals surface area contributed by atoms with Gasteiger partial charge in [0.1, 0.15) is 12.2 Å². The van der Waals surface area contributed by atoms with Crippen LogP contribution in [-0.2, 0) is 11.3 Å². The number of para-hydroxylation sites is 2. The Labute approximate surface area is 151 Å². The summed E-state index contributed by atoms with van der Waals surface area (Å²) in [5.41, 5.74) is 2.12. The molecule has 1 unspecified atom stereocenters. The first-order chi connectivity index (χ1) is 12.6. The molecule has 26 heavy (non-hydrogen) atoms. The summed E-state index contributed by atoms with van der Waals surface area (Å²) in [7, 11) is 0. The van der Waals surface area contributed by atoms with E-state index in [2.05, 4.69) is 40.0 Å². The second kappa shape index (κ2) is 6.86. The van der Waals surface area contributed by atoms with E-state index in [1.54, 1.807) is 4.68 Å². The number of aryl methyl sites for hydroxylation is 1. The largest absolute Gasteiger partial charge is 0.332 e. The summed E-state index contributed by atoms with van der Waals surface area (Å²) in [6.07, 6.45) is 3.88. The lowest BCUT2D eigenvalue weighted by molar-refractivity contribution is -0.132. The van der Waals surface area contributed by atoms with Gasteiger partial charge in [-0.2, -0.15) is 0 Å². The van der Waals surface area contributed by atoms with Crippen molar-refractivity contribution in [1.29, 1.82) is 0 Å². The average molecular weight is 353 g/mol. The van der Waals surface area contributed by atoms with Crippen molar-refractivity contribution in [2.45, 2.75) is 51.7 Å². The number of tetrazole rings is 1. The average Bonchev–Trinajstić information content (AvgIpc) is 3.37. The van der Waals surface area contributed by atoms with Gasteiger partial charge >= 0.3 is 0 Å². The summed E-state index contributed by atoms with van der Waals surface area (Å²) < 4.78 is 3.86. The van der Waals surface area contributed by atoms with Crippen molar-refractivity contribution in [3.63, 3.8) is 0 Å². The smallest absolute Gasteiger partial charge is 0.225 e. The predicted octanol–water partition coefficient (Wildman–Crippen LogP) is 2.36. The molecule has 1 fully saturated rings. The monoisotopic (exact) mass is 353 g/mol. The molecule has 2 aromatic heterocycles. The van der Waals surface area contributed by atoms with Crippen LogP contribution in [0, 0.1) is 0 Å². The molecular formula is C18H23N7O. The molecule has 0 radical (unpaired) electrons. The van der Waals surface area contributed by atoms with Crippen LogP contribution in [0.2, 0.25) is 0 Å². The van der Waals surface area contributed by atoms with Gasteiger partial charge in [0, 0.05) is 19.0 Å². The Hall–Kier alpha value is -2.77. The normalized spacial score (nSPS) is 17.5. The first-order valence-electron chi connectivity index (χ1n) is 9.12. The van der Waals surface area contributed by atoms with Crippen LogP contribution in [0.5, 0.6) is 0 Å². The molecule has 1 aromatic carbocycles. The van der Waals surface area contributed by atoms with E-state index < -0.39 is 0 Å². The molecule has 0 bridgehead atoms. The molecule has 1 saturated heterocycles. The van der Waals surface area contributed by atoms with Crippen molar-refractivity contribution >= 4 is 16.9 Å². The highest BCUT2D eigenvalue weighted by Gasteiger charge is 2.33. The van der Waals surface area contributed by atoms with Crippen LogP contribution in [0.15, 0.2) is 30.6 Å². The summed E-state index contributed by atoms with van der Waals surface area (Å²) in [6.45, 7) is 5.60. The highest BCUT2D eigenvalue weighted by molar-refractivity contribution is 5.78. The summed E-state index contributed by atoms with van der Waals surface area (Å²) in [5.74, 6) is 1.12. The van der Waals surface area contributed by atoms with E-state index in [1.165, 1.54) is 6.33 Å². The Kier molecular flexibility index (Phi) is 4.40. The highest BCUT2D eigenvalue weighted by Crippen LogP contribution is 2.35. The fraction of sp³-hybridized carbons (Fsp3) is 0.500. The molecule has 8 nitrogen and oxygen atoms in total. The van der Waals surface area contributed by atoms with Crippen LogP contribution >= 0.6 is 0 Å². The van der Waals surface area contributed by atoms with Gasteiger partial charge in [0.15, 0.2) is 0 Å². The van der Waals surface area contributed by atoms with Gasteiger partial charge in [0.2, 0.25) is 5.91 Å². The van der Waals surface area contributed by atoms with Gasteiger partial charge in [-0.1, -0.05) is 12.1 Å². The number of fused-ring (bicyclic) bond motifs is 1. The topological polar surface area (TPSA) is 81.7 Å². The van der Waals surface area contributed by atoms with Crippen molar-refractivity contribution in [2.75, 3.05) is 6.54 Å². The summed E-state index contributed by atoms with van der Waals surface area (Å²) in [6, 6.07) is 8.51. The van der Waals surface area contributed by atoms with Crippen LogP contribution in [0.1, 0.15) is 51.0 Å². The Bertz CT molecular complexity index is 900. The standard InChI is InChI=1S/C18H23N7O/c1-13(2)25-15-7-4-3-6-14(15)20-18(25)16-8-5-10-24(16)17(26)9-11-23-12-19-21-22-23/h3-4,6-7,12-13,16H,5,8-11H2,1-2H3. The maximum Gasteiger partial charge on any atom is 0.225 e. The van der Waals surface area contributed by atoms with Crippen LogP contribution in [0.25, 0.3) is 11.0 Å². The van der Waals surface area contributed by atoms with Crippen LogP contribution in [0.4, 0.5) is 0 Å². The highest BCUT2D eigenvalue weighted by atomic mass is 16.2. The number of benzene rings is 1. The van der Waals surface area contributed by atoms with Crippen molar-refractivity contribution in [3.05, 3.63) is 36.4 Å². The summed E-state index contributed by atoms with van der Waals surface area (Å²) >= 11 is 0. The number of aromatic nitrogens is 6. The third kappa shape index (κ3) is 2.95. The van der Waals surface area contributed by atoms with Crippen LogP contribution in [0.3, 0.4) is 0 Å². The van der Waals surface area contributed by atoms with Crippen LogP contribution < -0.4 is 0 Å². The molecule has 1 amide bonds. The number of likely N-dealkylation sites (tertiary alicyclic amines) is 1. The molecule has 1 atom stereocenters. The number of carbonyl (C=O) groups is 1. The second-order valence-electron chi connectivity index (χ2n) is 6.99. The maximum atomic E-state index is 12.8. The van der Waals surface area contributed by atoms with Gasteiger partial charge in [-0.3, -0.25) is 4.79 Å². The zero-order valence-corrected chi connectivity index (χ0v) is 15.1. The number of hydrogen-bond donors (Lipinski definition) is 0. The Balaban J connectivity index is 1.61. The third-order valence-corrected chi connectivity index (χ3v) is 4.96. The molecule has 3 aromatic rings. The molecule has 1 aliphatic heterocycles. The van der Waals surface area contributed by atoms with Crippen molar-refractivity contribution < 1.29 is 4.79 Å². The van der Waals surface area contributed by atoms with E-state index in [0.717, 1.165) is 36.2 Å². The van der Waals surface area contributed by atoms with Gasteiger partial charge in [-0.15, -0.1) is 5.10 Å². The fourth-order valence-electron chi connectivity index (χ4n) is 3.81. The number of rotatable bonds is 5. The minimum atomic E-state index is 0.0335. The molecule has 136 valence electrons. The predicted molar refractivity (Wildman–Crippen MR) is 96.2 cm³/mol. The van der Waals surface area contributed by atoms with Crippen LogP contribution in [-0.4, -0.2) is 47.1 Å². The summed E-state index contributed by atoms with van der Waals surface area (Å²) in [4.78, 5) is 19.7. The SMILES string of the molecule is CC(C)n1c(C2CCCN2C(=O)CCn2cnnn2)nc2ccccc21. The van der Waals surface area contributed by atoms with Crippen molar-refractivity contribution in [2.24, 2.45) is 0 Å². The molecule has 4 rings (SSSR count). The minimum absolute atomic E-state index is 0.0335. The van der Waals surface area contributed by atoms with Gasteiger partial charge < -0.3 is 9.47 Å². The molecule has 3 heterocycles. The fourth-order valence-corrected chi connectivity index (χ4v) is 3.81. The van der Waals surface area contributed by atoms with E-state index in [-0.39, 0.29) is 18.0 Å². The van der Waals surface area contributed by atoms with E-state index in [1.807, 2.05) is 23.1 Å². The zero-order valence-electron chi connectivity index (χ0n) is 15.1. The minimum Gasteiger partial charge on any atom is -0.332 e. The lowest BCUT2D eigenvalue weighted by atomic mass is 10.2. The first kappa shape index (κ1) is 16.7. The molecule has 0 saturated carbocycles. The van der Waals surface area contributed by atoms with E-state index in [0.29, 0.717) is 13.0 Å². The number of nitrogens with zero attached hydrogens (tertiary/aromatic N) is 7. The third-order valence-electron chi connectivity index (χ3n) is 4.96. The van der Waals surface area contributed by atoms with E-state index in [4.69, 9.17) is 4.98 Å².